The van der Waals surface area contributed by atoms with Crippen LogP contribution in [0.3, 0.4) is 0 Å². The van der Waals surface area contributed by atoms with Gasteiger partial charge in [0.25, 0.3) is 5.91 Å². The van der Waals surface area contributed by atoms with Crippen LogP contribution in [-0.2, 0) is 22.9 Å². The normalized spacial score (nSPS) is 11.3. The third-order valence-corrected chi connectivity index (χ3v) is 4.92. The van der Waals surface area contributed by atoms with Gasteiger partial charge in [0.05, 0.1) is 11.1 Å². The third-order valence-electron chi connectivity index (χ3n) is 3.04. The molecule has 0 spiro atoms. The molecule has 124 valence electrons. The minimum Gasteiger partial charge on any atom is -0.351 e. The summed E-state index contributed by atoms with van der Waals surface area (Å²) in [7, 11) is -3.17. The van der Waals surface area contributed by atoms with E-state index in [0.717, 1.165) is 23.1 Å². The van der Waals surface area contributed by atoms with Gasteiger partial charge in [0, 0.05) is 30.4 Å². The molecule has 0 saturated heterocycles. The molecule has 2 N–H and O–H groups in total. The molecule has 0 saturated carbocycles. The fraction of sp³-hybridized carbons (Fsp3) is 0.333. The first-order chi connectivity index (χ1) is 10.9. The van der Waals surface area contributed by atoms with Crippen LogP contribution in [0, 0.1) is 0 Å². The highest BCUT2D eigenvalue weighted by atomic mass is 32.2. The molecule has 0 aliphatic carbocycles. The number of carbonyl (C=O) groups excluding carboxylic acids is 1. The second-order valence-electron chi connectivity index (χ2n) is 5.05. The average molecular weight is 353 g/mol. The van der Waals surface area contributed by atoms with E-state index in [1.54, 1.807) is 18.5 Å². The highest BCUT2D eigenvalue weighted by Gasteiger charge is 2.09. The van der Waals surface area contributed by atoms with Crippen LogP contribution in [0.4, 0.5) is 0 Å². The molecule has 2 rings (SSSR count). The standard InChI is InChI=1S/C15H19N3O3S2/c1-23(20,21)18-10-7-13-4-5-14(22-13)15(19)17-9-6-12-3-2-8-16-11-12/h2-5,8,11,18H,6-7,9-10H2,1H3,(H,17,19). The lowest BCUT2D eigenvalue weighted by atomic mass is 10.2. The smallest absolute Gasteiger partial charge is 0.261 e. The number of pyridine rings is 1. The number of amides is 1. The van der Waals surface area contributed by atoms with E-state index in [0.29, 0.717) is 24.4 Å². The number of nitrogens with one attached hydrogen (secondary N) is 2. The van der Waals surface area contributed by atoms with Crippen LogP contribution < -0.4 is 10.0 Å². The Balaban J connectivity index is 1.77. The highest BCUT2D eigenvalue weighted by molar-refractivity contribution is 7.88. The van der Waals surface area contributed by atoms with Gasteiger partial charge in [-0.1, -0.05) is 6.07 Å². The molecular formula is C15H19N3O3S2. The molecule has 2 aromatic heterocycles. The average Bonchev–Trinajstić information content (AvgIpc) is 2.96. The largest absolute Gasteiger partial charge is 0.351 e. The Hall–Kier alpha value is -1.77. The first-order valence-corrected chi connectivity index (χ1v) is 9.85. The lowest BCUT2D eigenvalue weighted by Gasteiger charge is -2.03. The second kappa shape index (κ2) is 8.19. The van der Waals surface area contributed by atoms with Crippen molar-refractivity contribution in [3.63, 3.8) is 0 Å². The van der Waals surface area contributed by atoms with Crippen LogP contribution in [0.15, 0.2) is 36.7 Å². The van der Waals surface area contributed by atoms with Gasteiger partial charge >= 0.3 is 0 Å². The molecule has 0 unspecified atom stereocenters. The van der Waals surface area contributed by atoms with Crippen LogP contribution in [0.2, 0.25) is 0 Å². The summed E-state index contributed by atoms with van der Waals surface area (Å²) in [5.41, 5.74) is 1.08. The second-order valence-corrected chi connectivity index (χ2v) is 8.05. The Kier molecular flexibility index (Phi) is 6.26. The van der Waals surface area contributed by atoms with Crippen molar-refractivity contribution in [1.29, 1.82) is 0 Å². The molecule has 0 fully saturated rings. The Morgan fingerprint density at radius 2 is 2.04 bits per heavy atom. The van der Waals surface area contributed by atoms with E-state index < -0.39 is 10.0 Å². The number of sulfonamides is 1. The maximum absolute atomic E-state index is 12.1. The lowest BCUT2D eigenvalue weighted by molar-refractivity contribution is 0.0958. The summed E-state index contributed by atoms with van der Waals surface area (Å²) in [5, 5.41) is 2.87. The summed E-state index contributed by atoms with van der Waals surface area (Å²) in [5.74, 6) is -0.110. The van der Waals surface area contributed by atoms with Gasteiger partial charge in [-0.25, -0.2) is 13.1 Å². The zero-order valence-electron chi connectivity index (χ0n) is 12.8. The van der Waals surface area contributed by atoms with Crippen molar-refractivity contribution in [1.82, 2.24) is 15.0 Å². The molecule has 2 aromatic rings. The quantitative estimate of drug-likeness (QED) is 0.747. The molecule has 0 aliphatic heterocycles. The van der Waals surface area contributed by atoms with Gasteiger partial charge in [-0.15, -0.1) is 11.3 Å². The number of carbonyl (C=O) groups is 1. The van der Waals surface area contributed by atoms with Crippen molar-refractivity contribution in [3.8, 4) is 0 Å². The number of hydrogen-bond donors (Lipinski definition) is 2. The zero-order valence-corrected chi connectivity index (χ0v) is 14.4. The summed E-state index contributed by atoms with van der Waals surface area (Å²) in [4.78, 5) is 17.7. The molecule has 0 radical (unpaired) electrons. The molecule has 6 nitrogen and oxygen atoms in total. The van der Waals surface area contributed by atoms with Gasteiger partial charge in [-0.3, -0.25) is 9.78 Å². The van der Waals surface area contributed by atoms with Crippen LogP contribution >= 0.6 is 11.3 Å². The number of aromatic nitrogens is 1. The minimum absolute atomic E-state index is 0.110. The number of hydrogen-bond acceptors (Lipinski definition) is 5. The van der Waals surface area contributed by atoms with Gasteiger partial charge in [-0.05, 0) is 36.6 Å². The van der Waals surface area contributed by atoms with Crippen molar-refractivity contribution >= 4 is 27.3 Å². The fourth-order valence-electron chi connectivity index (χ4n) is 1.95. The van der Waals surface area contributed by atoms with E-state index in [1.165, 1.54) is 11.3 Å². The Morgan fingerprint density at radius 3 is 2.74 bits per heavy atom. The van der Waals surface area contributed by atoms with Crippen molar-refractivity contribution in [2.75, 3.05) is 19.3 Å². The minimum atomic E-state index is -3.17. The van der Waals surface area contributed by atoms with Gasteiger partial charge < -0.3 is 5.32 Å². The summed E-state index contributed by atoms with van der Waals surface area (Å²) < 4.78 is 24.4. The highest BCUT2D eigenvalue weighted by Crippen LogP contribution is 2.16. The van der Waals surface area contributed by atoms with Gasteiger partial charge in [-0.2, -0.15) is 0 Å². The van der Waals surface area contributed by atoms with Gasteiger partial charge in [0.2, 0.25) is 10.0 Å². The topological polar surface area (TPSA) is 88.2 Å². The van der Waals surface area contributed by atoms with Gasteiger partial charge in [0.15, 0.2) is 0 Å². The molecular weight excluding hydrogens is 334 g/mol. The SMILES string of the molecule is CS(=O)(=O)NCCc1ccc(C(=O)NCCc2cccnc2)s1. The van der Waals surface area contributed by atoms with E-state index in [1.807, 2.05) is 18.2 Å². The maximum Gasteiger partial charge on any atom is 0.261 e. The Bertz CT molecular complexity index is 742. The van der Waals surface area contributed by atoms with Gasteiger partial charge in [0.1, 0.15) is 0 Å². The molecule has 0 aromatic carbocycles. The predicted octanol–water partition coefficient (Wildman–Crippen LogP) is 1.21. The predicted molar refractivity (Wildman–Crippen MR) is 91.1 cm³/mol. The summed E-state index contributed by atoms with van der Waals surface area (Å²) in [6.45, 7) is 0.884. The van der Waals surface area contributed by atoms with Crippen molar-refractivity contribution in [3.05, 3.63) is 52.0 Å². The number of nitrogens with zero attached hydrogens (tertiary/aromatic N) is 1. The van der Waals surface area contributed by atoms with Crippen molar-refractivity contribution < 1.29 is 13.2 Å². The molecule has 0 bridgehead atoms. The molecule has 8 heteroatoms. The van der Waals surface area contributed by atoms with E-state index in [2.05, 4.69) is 15.0 Å². The fourth-order valence-corrected chi connectivity index (χ4v) is 3.34. The van der Waals surface area contributed by atoms with Crippen LogP contribution in [0.1, 0.15) is 20.1 Å². The van der Waals surface area contributed by atoms with E-state index in [-0.39, 0.29) is 5.91 Å². The molecule has 0 aliphatic rings. The monoisotopic (exact) mass is 353 g/mol. The first-order valence-electron chi connectivity index (χ1n) is 7.14. The number of rotatable bonds is 8. The first kappa shape index (κ1) is 17.6. The van der Waals surface area contributed by atoms with E-state index in [4.69, 9.17) is 0 Å². The van der Waals surface area contributed by atoms with E-state index in [9.17, 15) is 13.2 Å². The molecule has 2 heterocycles. The third kappa shape index (κ3) is 6.47. The summed E-state index contributed by atoms with van der Waals surface area (Å²) in [6.07, 6.45) is 5.93. The molecule has 23 heavy (non-hydrogen) atoms. The molecule has 0 atom stereocenters. The lowest BCUT2D eigenvalue weighted by Crippen LogP contribution is -2.25. The maximum atomic E-state index is 12.1. The van der Waals surface area contributed by atoms with Crippen LogP contribution in [-0.4, -0.2) is 38.7 Å². The Morgan fingerprint density at radius 1 is 1.22 bits per heavy atom. The van der Waals surface area contributed by atoms with Crippen molar-refractivity contribution in [2.24, 2.45) is 0 Å². The number of thiophene rings is 1. The zero-order chi connectivity index (χ0) is 16.7. The Labute approximate surface area is 140 Å². The van der Waals surface area contributed by atoms with Crippen LogP contribution in [0.25, 0.3) is 0 Å². The molecule has 1 amide bonds. The van der Waals surface area contributed by atoms with Crippen molar-refractivity contribution in [2.45, 2.75) is 12.8 Å². The van der Waals surface area contributed by atoms with E-state index >= 15 is 0 Å². The summed E-state index contributed by atoms with van der Waals surface area (Å²) >= 11 is 1.38. The summed E-state index contributed by atoms with van der Waals surface area (Å²) in [6, 6.07) is 7.45. The van der Waals surface area contributed by atoms with Crippen LogP contribution in [0.5, 0.6) is 0 Å².